The fourth-order valence-electron chi connectivity index (χ4n) is 0.703. The molecular formula is C9H20N2O3S. The van der Waals surface area contributed by atoms with Crippen LogP contribution in [0.25, 0.3) is 0 Å². The Morgan fingerprint density at radius 1 is 1.40 bits per heavy atom. The van der Waals surface area contributed by atoms with Gasteiger partial charge in [-0.05, 0) is 11.8 Å². The summed E-state index contributed by atoms with van der Waals surface area (Å²) in [6.07, 6.45) is 1.66. The van der Waals surface area contributed by atoms with Crippen LogP contribution in [0.4, 0.5) is 0 Å². The van der Waals surface area contributed by atoms with Gasteiger partial charge >= 0.3 is 0 Å². The van der Waals surface area contributed by atoms with E-state index in [0.717, 1.165) is 0 Å². The molecule has 0 saturated heterocycles. The first-order chi connectivity index (χ1) is 6.68. The Bertz CT molecular complexity index is 307. The molecule has 0 fully saturated rings. The molecule has 15 heavy (non-hydrogen) atoms. The van der Waals surface area contributed by atoms with Crippen molar-refractivity contribution >= 4 is 16.4 Å². The van der Waals surface area contributed by atoms with Gasteiger partial charge in [0, 0.05) is 20.7 Å². The summed E-state index contributed by atoms with van der Waals surface area (Å²) in [6, 6.07) is 0. The minimum atomic E-state index is -3.40. The Morgan fingerprint density at radius 3 is 2.33 bits per heavy atom. The van der Waals surface area contributed by atoms with Crippen LogP contribution in [-0.4, -0.2) is 51.2 Å². The highest BCUT2D eigenvalue weighted by Gasteiger charge is 2.20. The van der Waals surface area contributed by atoms with Gasteiger partial charge in [0.2, 0.25) is 0 Å². The molecule has 0 aliphatic carbocycles. The Balaban J connectivity index is 4.29. The van der Waals surface area contributed by atoms with Crippen LogP contribution < -0.4 is 0 Å². The van der Waals surface area contributed by atoms with Crippen LogP contribution in [0, 0.1) is 5.41 Å². The summed E-state index contributed by atoms with van der Waals surface area (Å²) in [7, 11) is 0.00682. The first-order valence-corrected chi connectivity index (χ1v) is 6.35. The molecule has 0 unspecified atom stereocenters. The maximum Gasteiger partial charge on any atom is 0.254 e. The molecular weight excluding hydrogens is 216 g/mol. The van der Waals surface area contributed by atoms with Gasteiger partial charge in [0.1, 0.15) is 6.34 Å². The fourth-order valence-corrected chi connectivity index (χ4v) is 1.95. The van der Waals surface area contributed by atoms with Crippen LogP contribution in [0.5, 0.6) is 0 Å². The molecule has 1 N–H and O–H groups in total. The lowest BCUT2D eigenvalue weighted by molar-refractivity contribution is 0.156. The van der Waals surface area contributed by atoms with Gasteiger partial charge in [0.15, 0.2) is 0 Å². The average Bonchev–Trinajstić information content (AvgIpc) is 2.13. The monoisotopic (exact) mass is 236 g/mol. The lowest BCUT2D eigenvalue weighted by atomic mass is 9.92. The highest BCUT2D eigenvalue weighted by Crippen LogP contribution is 2.20. The molecule has 0 aliphatic rings. The van der Waals surface area contributed by atoms with Gasteiger partial charge in [0.05, 0.1) is 5.75 Å². The lowest BCUT2D eigenvalue weighted by Crippen LogP contribution is -2.21. The van der Waals surface area contributed by atoms with Crippen LogP contribution >= 0.6 is 0 Å². The zero-order valence-corrected chi connectivity index (χ0v) is 10.6. The molecule has 0 aromatic rings. The van der Waals surface area contributed by atoms with Crippen molar-refractivity contribution in [3.8, 4) is 0 Å². The zero-order chi connectivity index (χ0) is 12.1. The number of hydrogen-bond acceptors (Lipinski definition) is 3. The van der Waals surface area contributed by atoms with E-state index in [-0.39, 0.29) is 17.8 Å². The van der Waals surface area contributed by atoms with Gasteiger partial charge in [-0.1, -0.05) is 13.8 Å². The number of sulfonamides is 1. The van der Waals surface area contributed by atoms with Crippen LogP contribution in [-0.2, 0) is 10.0 Å². The fraction of sp³-hybridized carbons (Fsp3) is 0.889. The Morgan fingerprint density at radius 2 is 1.93 bits per heavy atom. The van der Waals surface area contributed by atoms with E-state index in [2.05, 4.69) is 4.40 Å². The number of rotatable bonds is 6. The van der Waals surface area contributed by atoms with Gasteiger partial charge in [0.25, 0.3) is 10.0 Å². The van der Waals surface area contributed by atoms with Crippen LogP contribution in [0.3, 0.4) is 0 Å². The van der Waals surface area contributed by atoms with Gasteiger partial charge in [-0.25, -0.2) is 8.42 Å². The third-order valence-electron chi connectivity index (χ3n) is 1.90. The Kier molecular flexibility index (Phi) is 5.23. The van der Waals surface area contributed by atoms with E-state index in [1.54, 1.807) is 19.0 Å². The molecule has 0 aromatic carbocycles. The van der Waals surface area contributed by atoms with Crippen molar-refractivity contribution in [1.82, 2.24) is 4.90 Å². The summed E-state index contributed by atoms with van der Waals surface area (Å²) >= 11 is 0. The Labute approximate surface area is 91.9 Å². The van der Waals surface area contributed by atoms with E-state index in [9.17, 15) is 8.42 Å². The molecule has 0 heterocycles. The molecule has 0 spiro atoms. The number of nitrogens with zero attached hydrogens (tertiary/aromatic N) is 2. The molecule has 0 atom stereocenters. The first kappa shape index (κ1) is 14.4. The maximum atomic E-state index is 11.4. The van der Waals surface area contributed by atoms with Gasteiger partial charge < -0.3 is 10.0 Å². The summed E-state index contributed by atoms with van der Waals surface area (Å²) in [5.41, 5.74) is -0.374. The van der Waals surface area contributed by atoms with E-state index >= 15 is 0 Å². The highest BCUT2D eigenvalue weighted by molar-refractivity contribution is 7.90. The largest absolute Gasteiger partial charge is 0.396 e. The predicted octanol–water partition coefficient (Wildman–Crippen LogP) is 0.315. The van der Waals surface area contributed by atoms with Gasteiger partial charge in [-0.2, -0.15) is 4.40 Å². The molecule has 0 radical (unpaired) electrons. The number of aliphatic hydroxyl groups is 1. The molecule has 5 nitrogen and oxygen atoms in total. The second-order valence-electron chi connectivity index (χ2n) is 4.54. The van der Waals surface area contributed by atoms with Crippen LogP contribution in [0.1, 0.15) is 20.3 Å². The molecule has 0 rings (SSSR count). The third kappa shape index (κ3) is 7.33. The minimum absolute atomic E-state index is 0.0279. The normalized spacial score (nSPS) is 13.4. The van der Waals surface area contributed by atoms with Crippen molar-refractivity contribution in [2.75, 3.05) is 26.5 Å². The Hall–Kier alpha value is -0.620. The molecule has 0 aliphatic heterocycles. The number of aliphatic hydroxyl groups excluding tert-OH is 1. The van der Waals surface area contributed by atoms with Crippen molar-refractivity contribution in [3.05, 3.63) is 0 Å². The summed E-state index contributed by atoms with van der Waals surface area (Å²) in [6.45, 7) is 3.61. The van der Waals surface area contributed by atoms with E-state index < -0.39 is 10.0 Å². The van der Waals surface area contributed by atoms with Crippen LogP contribution in [0.15, 0.2) is 4.40 Å². The maximum absolute atomic E-state index is 11.4. The van der Waals surface area contributed by atoms with E-state index in [1.807, 2.05) is 13.8 Å². The summed E-state index contributed by atoms with van der Waals surface area (Å²) < 4.78 is 26.3. The van der Waals surface area contributed by atoms with Gasteiger partial charge in [-0.3, -0.25) is 0 Å². The number of hydrogen-bond donors (Lipinski definition) is 1. The SMILES string of the molecule is CN(C)/C=N/S(=O)(=O)CCC(C)(C)CO. The van der Waals surface area contributed by atoms with E-state index in [1.165, 1.54) is 6.34 Å². The topological polar surface area (TPSA) is 70.0 Å². The van der Waals surface area contributed by atoms with Crippen molar-refractivity contribution in [2.24, 2.45) is 9.81 Å². The second kappa shape index (κ2) is 5.46. The highest BCUT2D eigenvalue weighted by atomic mass is 32.2. The van der Waals surface area contributed by atoms with E-state index in [0.29, 0.717) is 6.42 Å². The molecule has 6 heteroatoms. The van der Waals surface area contributed by atoms with Crippen molar-refractivity contribution < 1.29 is 13.5 Å². The van der Waals surface area contributed by atoms with Crippen LogP contribution in [0.2, 0.25) is 0 Å². The quantitative estimate of drug-likeness (QED) is 0.532. The zero-order valence-electron chi connectivity index (χ0n) is 9.77. The lowest BCUT2D eigenvalue weighted by Gasteiger charge is -2.20. The molecule has 90 valence electrons. The van der Waals surface area contributed by atoms with Gasteiger partial charge in [-0.15, -0.1) is 0 Å². The summed E-state index contributed by atoms with van der Waals surface area (Å²) in [5, 5.41) is 8.97. The standard InChI is InChI=1S/C9H20N2O3S/c1-9(2,7-12)5-6-15(13,14)10-8-11(3)4/h8,12H,5-7H2,1-4H3/b10-8+. The molecule has 0 saturated carbocycles. The molecule has 0 bridgehead atoms. The van der Waals surface area contributed by atoms with Crippen molar-refractivity contribution in [1.29, 1.82) is 0 Å². The molecule has 0 aromatic heterocycles. The summed E-state index contributed by atoms with van der Waals surface area (Å²) in [5.74, 6) is -0.0368. The van der Waals surface area contributed by atoms with E-state index in [4.69, 9.17) is 5.11 Å². The smallest absolute Gasteiger partial charge is 0.254 e. The van der Waals surface area contributed by atoms with Crippen molar-refractivity contribution in [3.63, 3.8) is 0 Å². The predicted molar refractivity (Wildman–Crippen MR) is 61.4 cm³/mol. The average molecular weight is 236 g/mol. The summed E-state index contributed by atoms with van der Waals surface area (Å²) in [4.78, 5) is 1.56. The second-order valence-corrected chi connectivity index (χ2v) is 6.33. The minimum Gasteiger partial charge on any atom is -0.396 e. The third-order valence-corrected chi connectivity index (χ3v) is 3.04. The van der Waals surface area contributed by atoms with Crippen molar-refractivity contribution in [2.45, 2.75) is 20.3 Å². The first-order valence-electron chi connectivity index (χ1n) is 4.74. The molecule has 0 amide bonds.